The van der Waals surface area contributed by atoms with Crippen molar-refractivity contribution in [2.24, 2.45) is 0 Å². The highest BCUT2D eigenvalue weighted by Gasteiger charge is 2.47. The summed E-state index contributed by atoms with van der Waals surface area (Å²) < 4.78 is 10.8. The fourth-order valence-corrected chi connectivity index (χ4v) is 4.05. The number of nitrogens with zero attached hydrogens (tertiary/aromatic N) is 2. The van der Waals surface area contributed by atoms with Crippen LogP contribution in [0.25, 0.3) is 5.76 Å². The monoisotopic (exact) mass is 458 g/mol. The van der Waals surface area contributed by atoms with Crippen molar-refractivity contribution < 1.29 is 24.2 Å². The summed E-state index contributed by atoms with van der Waals surface area (Å²) >= 11 is 0. The molecule has 0 aromatic heterocycles. The first kappa shape index (κ1) is 22.9. The molecule has 4 rings (SSSR count). The Kier molecular flexibility index (Phi) is 6.27. The minimum atomic E-state index is -0.840. The number of carbonyl (C=O) groups is 2. The molecule has 3 aromatic rings. The number of Topliss-reactive ketones (excluding diaryl/α,β-unsaturated/α-hetero) is 1. The standard InChI is InChI=1S/C27H26N2O5/c1-28(2)19-12-10-17(11-13-19)24-23(25(30)18-8-6-5-7-9-18)26(31)27(32)29(24)20-14-21(33-3)16-22(15-20)34-4/h5-16,24,30H,1-4H3/b25-23+. The van der Waals surface area contributed by atoms with E-state index in [1.54, 1.807) is 42.5 Å². The number of anilines is 2. The van der Waals surface area contributed by atoms with Gasteiger partial charge in [0, 0.05) is 43.5 Å². The van der Waals surface area contributed by atoms with Crippen LogP contribution in [0, 0.1) is 0 Å². The number of ether oxygens (including phenoxy) is 2. The van der Waals surface area contributed by atoms with Crippen LogP contribution in [0.2, 0.25) is 0 Å². The van der Waals surface area contributed by atoms with Gasteiger partial charge in [0.1, 0.15) is 17.3 Å². The van der Waals surface area contributed by atoms with E-state index < -0.39 is 17.7 Å². The molecule has 1 amide bonds. The molecule has 174 valence electrons. The number of methoxy groups -OCH3 is 2. The molecule has 1 N–H and O–H groups in total. The van der Waals surface area contributed by atoms with Crippen LogP contribution in [0.1, 0.15) is 17.2 Å². The third kappa shape index (κ3) is 4.08. The zero-order chi connectivity index (χ0) is 24.4. The summed E-state index contributed by atoms with van der Waals surface area (Å²) in [5, 5.41) is 11.2. The Labute approximate surface area is 198 Å². The van der Waals surface area contributed by atoms with Crippen LogP contribution < -0.4 is 19.3 Å². The smallest absolute Gasteiger partial charge is 0.300 e. The summed E-state index contributed by atoms with van der Waals surface area (Å²) in [5.41, 5.74) is 2.55. The Bertz CT molecular complexity index is 1230. The highest BCUT2D eigenvalue weighted by Crippen LogP contribution is 2.44. The third-order valence-electron chi connectivity index (χ3n) is 5.83. The summed E-state index contributed by atoms with van der Waals surface area (Å²) in [4.78, 5) is 30.0. The predicted octanol–water partition coefficient (Wildman–Crippen LogP) is 4.40. The van der Waals surface area contributed by atoms with Crippen LogP contribution in [0.3, 0.4) is 0 Å². The van der Waals surface area contributed by atoms with Gasteiger partial charge >= 0.3 is 0 Å². The molecule has 1 fully saturated rings. The molecule has 1 aliphatic heterocycles. The second-order valence-electron chi connectivity index (χ2n) is 8.09. The summed E-state index contributed by atoms with van der Waals surface area (Å²) in [6, 6.07) is 20.4. The zero-order valence-corrected chi connectivity index (χ0v) is 19.5. The van der Waals surface area contributed by atoms with E-state index in [2.05, 4.69) is 0 Å². The number of hydrogen-bond donors (Lipinski definition) is 1. The van der Waals surface area contributed by atoms with E-state index in [9.17, 15) is 14.7 Å². The maximum atomic E-state index is 13.4. The molecule has 0 bridgehead atoms. The van der Waals surface area contributed by atoms with Crippen LogP contribution in [0.15, 0.2) is 78.4 Å². The number of hydrogen-bond acceptors (Lipinski definition) is 6. The number of rotatable bonds is 6. The van der Waals surface area contributed by atoms with Gasteiger partial charge in [-0.15, -0.1) is 0 Å². The van der Waals surface area contributed by atoms with Crippen molar-refractivity contribution in [3.63, 3.8) is 0 Å². The largest absolute Gasteiger partial charge is 0.507 e. The molecule has 7 heteroatoms. The topological polar surface area (TPSA) is 79.3 Å². The summed E-state index contributed by atoms with van der Waals surface area (Å²) in [7, 11) is 6.89. The predicted molar refractivity (Wildman–Crippen MR) is 132 cm³/mol. The molecule has 0 aliphatic carbocycles. The molecule has 0 radical (unpaired) electrons. The Morgan fingerprint density at radius 1 is 0.882 bits per heavy atom. The average molecular weight is 459 g/mol. The first-order valence-corrected chi connectivity index (χ1v) is 10.7. The van der Waals surface area contributed by atoms with E-state index in [4.69, 9.17) is 9.47 Å². The number of aliphatic hydroxyl groups is 1. The molecule has 1 aliphatic rings. The lowest BCUT2D eigenvalue weighted by Gasteiger charge is -2.26. The van der Waals surface area contributed by atoms with Crippen molar-refractivity contribution in [3.05, 3.63) is 89.5 Å². The van der Waals surface area contributed by atoms with Crippen LogP contribution in [0.5, 0.6) is 11.5 Å². The molecule has 34 heavy (non-hydrogen) atoms. The van der Waals surface area contributed by atoms with Crippen LogP contribution in [-0.4, -0.2) is 45.1 Å². The fraction of sp³-hybridized carbons (Fsp3) is 0.185. The lowest BCUT2D eigenvalue weighted by atomic mass is 9.95. The minimum Gasteiger partial charge on any atom is -0.507 e. The molecule has 0 spiro atoms. The van der Waals surface area contributed by atoms with Gasteiger partial charge in [-0.3, -0.25) is 14.5 Å². The van der Waals surface area contributed by atoms with Gasteiger partial charge in [0.15, 0.2) is 0 Å². The van der Waals surface area contributed by atoms with Gasteiger partial charge in [0.25, 0.3) is 11.7 Å². The Morgan fingerprint density at radius 2 is 1.47 bits per heavy atom. The van der Waals surface area contributed by atoms with E-state index in [0.29, 0.717) is 28.3 Å². The third-order valence-corrected chi connectivity index (χ3v) is 5.83. The second-order valence-corrected chi connectivity index (χ2v) is 8.09. The van der Waals surface area contributed by atoms with Crippen LogP contribution >= 0.6 is 0 Å². The minimum absolute atomic E-state index is 0.0237. The molecule has 1 atom stereocenters. The van der Waals surface area contributed by atoms with Gasteiger partial charge in [-0.05, 0) is 17.7 Å². The lowest BCUT2D eigenvalue weighted by Crippen LogP contribution is -2.29. The quantitative estimate of drug-likeness (QED) is 0.335. The number of amides is 1. The van der Waals surface area contributed by atoms with Crippen LogP contribution in [-0.2, 0) is 9.59 Å². The molecule has 1 saturated heterocycles. The number of aliphatic hydroxyl groups excluding tert-OH is 1. The molecule has 7 nitrogen and oxygen atoms in total. The van der Waals surface area contributed by atoms with E-state index >= 15 is 0 Å². The number of benzene rings is 3. The van der Waals surface area contributed by atoms with Gasteiger partial charge < -0.3 is 19.5 Å². The van der Waals surface area contributed by atoms with E-state index in [0.717, 1.165) is 5.69 Å². The van der Waals surface area contributed by atoms with Crippen molar-refractivity contribution in [3.8, 4) is 11.5 Å². The first-order valence-electron chi connectivity index (χ1n) is 10.7. The van der Waals surface area contributed by atoms with Crippen molar-refractivity contribution in [1.82, 2.24) is 0 Å². The molecular formula is C27H26N2O5. The van der Waals surface area contributed by atoms with Crippen molar-refractivity contribution >= 4 is 28.8 Å². The Balaban J connectivity index is 1.95. The summed E-state index contributed by atoms with van der Waals surface area (Å²) in [6.45, 7) is 0. The van der Waals surface area contributed by atoms with Gasteiger partial charge in [-0.25, -0.2) is 0 Å². The number of carbonyl (C=O) groups excluding carboxylic acids is 2. The summed E-state index contributed by atoms with van der Waals surface area (Å²) in [6.07, 6.45) is 0. The fourth-order valence-electron chi connectivity index (χ4n) is 4.05. The molecule has 0 saturated carbocycles. The zero-order valence-electron chi connectivity index (χ0n) is 19.5. The van der Waals surface area contributed by atoms with E-state index in [1.165, 1.54) is 19.1 Å². The molecule has 1 unspecified atom stereocenters. The molecule has 3 aromatic carbocycles. The summed E-state index contributed by atoms with van der Waals surface area (Å²) in [5.74, 6) is -0.778. The normalized spacial score (nSPS) is 17.1. The van der Waals surface area contributed by atoms with E-state index in [1.807, 2.05) is 49.3 Å². The average Bonchev–Trinajstić information content (AvgIpc) is 3.14. The maximum Gasteiger partial charge on any atom is 0.300 e. The SMILES string of the molecule is COc1cc(OC)cc(N2C(=O)C(=O)/C(=C(/O)c3ccccc3)C2c2ccc(N(C)C)cc2)c1. The number of ketones is 1. The molecule has 1 heterocycles. The highest BCUT2D eigenvalue weighted by atomic mass is 16.5. The maximum absolute atomic E-state index is 13.4. The Hall–Kier alpha value is -4.26. The first-order chi connectivity index (χ1) is 16.3. The van der Waals surface area contributed by atoms with Gasteiger partial charge in [-0.1, -0.05) is 42.5 Å². The van der Waals surface area contributed by atoms with Gasteiger partial charge in [-0.2, -0.15) is 0 Å². The highest BCUT2D eigenvalue weighted by molar-refractivity contribution is 6.51. The van der Waals surface area contributed by atoms with Crippen molar-refractivity contribution in [2.45, 2.75) is 6.04 Å². The Morgan fingerprint density at radius 3 is 2.00 bits per heavy atom. The molecular weight excluding hydrogens is 432 g/mol. The van der Waals surface area contributed by atoms with Crippen molar-refractivity contribution in [2.75, 3.05) is 38.1 Å². The van der Waals surface area contributed by atoms with Crippen LogP contribution in [0.4, 0.5) is 11.4 Å². The van der Waals surface area contributed by atoms with Gasteiger partial charge in [0.05, 0.1) is 31.5 Å². The van der Waals surface area contributed by atoms with E-state index in [-0.39, 0.29) is 11.3 Å². The lowest BCUT2D eigenvalue weighted by molar-refractivity contribution is -0.132. The van der Waals surface area contributed by atoms with Gasteiger partial charge in [0.2, 0.25) is 0 Å². The second kappa shape index (κ2) is 9.31. The van der Waals surface area contributed by atoms with Crippen molar-refractivity contribution in [1.29, 1.82) is 0 Å².